The molecule has 2 amide bonds. The van der Waals surface area contributed by atoms with E-state index in [9.17, 15) is 18.0 Å². The van der Waals surface area contributed by atoms with Crippen LogP contribution in [0.5, 0.6) is 0 Å². The summed E-state index contributed by atoms with van der Waals surface area (Å²) < 4.78 is 26.4. The second kappa shape index (κ2) is 9.64. The number of nitrogens with one attached hydrogen (secondary N) is 3. The molecule has 2 rings (SSSR count). The Morgan fingerprint density at radius 3 is 2.28 bits per heavy atom. The molecule has 9 heteroatoms. The predicted octanol–water partition coefficient (Wildman–Crippen LogP) is 1.33. The SMILES string of the molecule is CNC(=O)c1ccc(CN(C)CC(=O)Nc2ccc(C)c(S(=O)(=O)NC)c2)cc1. The third-order valence-electron chi connectivity index (χ3n) is 4.34. The number of carbonyl (C=O) groups excluding carboxylic acids is 2. The molecule has 0 bridgehead atoms. The van der Waals surface area contributed by atoms with Crippen LogP contribution in [0.2, 0.25) is 0 Å². The van der Waals surface area contributed by atoms with Gasteiger partial charge < -0.3 is 10.6 Å². The molecule has 2 aromatic rings. The van der Waals surface area contributed by atoms with Gasteiger partial charge in [0.2, 0.25) is 15.9 Å². The minimum atomic E-state index is -3.60. The van der Waals surface area contributed by atoms with Crippen LogP contribution >= 0.6 is 0 Å². The third kappa shape index (κ3) is 6.11. The minimum absolute atomic E-state index is 0.124. The van der Waals surface area contributed by atoms with E-state index >= 15 is 0 Å². The topological polar surface area (TPSA) is 108 Å². The fourth-order valence-corrected chi connectivity index (χ4v) is 3.79. The zero-order valence-electron chi connectivity index (χ0n) is 16.9. The normalized spacial score (nSPS) is 11.3. The maximum Gasteiger partial charge on any atom is 0.251 e. The van der Waals surface area contributed by atoms with E-state index in [-0.39, 0.29) is 23.3 Å². The average molecular weight is 419 g/mol. The molecule has 0 aliphatic rings. The first-order chi connectivity index (χ1) is 13.7. The summed E-state index contributed by atoms with van der Waals surface area (Å²) in [6.07, 6.45) is 0. The summed E-state index contributed by atoms with van der Waals surface area (Å²) in [6, 6.07) is 11.9. The highest BCUT2D eigenvalue weighted by Gasteiger charge is 2.16. The summed E-state index contributed by atoms with van der Waals surface area (Å²) in [7, 11) is 1.12. The van der Waals surface area contributed by atoms with Crippen LogP contribution in [0.4, 0.5) is 5.69 Å². The molecule has 0 saturated heterocycles. The van der Waals surface area contributed by atoms with Crippen LogP contribution in [-0.2, 0) is 21.4 Å². The molecular formula is C20H26N4O4S. The van der Waals surface area contributed by atoms with Crippen LogP contribution in [0.1, 0.15) is 21.5 Å². The molecule has 3 N–H and O–H groups in total. The van der Waals surface area contributed by atoms with E-state index in [4.69, 9.17) is 0 Å². The first-order valence-electron chi connectivity index (χ1n) is 9.00. The Labute approximate surface area is 171 Å². The second-order valence-electron chi connectivity index (χ2n) is 6.68. The fraction of sp³-hybridized carbons (Fsp3) is 0.300. The van der Waals surface area contributed by atoms with E-state index in [0.717, 1.165) is 5.56 Å². The minimum Gasteiger partial charge on any atom is -0.355 e. The molecule has 156 valence electrons. The van der Waals surface area contributed by atoms with Crippen molar-refractivity contribution in [2.75, 3.05) is 33.0 Å². The Balaban J connectivity index is 1.98. The molecule has 0 aromatic heterocycles. The van der Waals surface area contributed by atoms with E-state index in [1.165, 1.54) is 13.1 Å². The van der Waals surface area contributed by atoms with E-state index in [0.29, 0.717) is 23.4 Å². The first-order valence-corrected chi connectivity index (χ1v) is 10.5. The van der Waals surface area contributed by atoms with Gasteiger partial charge in [0.05, 0.1) is 11.4 Å². The Kier molecular flexibility index (Phi) is 7.49. The summed E-state index contributed by atoms with van der Waals surface area (Å²) in [5, 5.41) is 5.30. The van der Waals surface area contributed by atoms with Gasteiger partial charge >= 0.3 is 0 Å². The van der Waals surface area contributed by atoms with Crippen molar-refractivity contribution in [2.24, 2.45) is 0 Å². The number of rotatable bonds is 8. The Bertz CT molecular complexity index is 988. The molecule has 0 heterocycles. The third-order valence-corrected chi connectivity index (χ3v) is 5.90. The first kappa shape index (κ1) is 22.5. The predicted molar refractivity (Wildman–Crippen MR) is 112 cm³/mol. The van der Waals surface area contributed by atoms with Gasteiger partial charge in [-0.05, 0) is 56.4 Å². The molecule has 0 aliphatic heterocycles. The van der Waals surface area contributed by atoms with Gasteiger partial charge in [0.25, 0.3) is 5.91 Å². The van der Waals surface area contributed by atoms with Crippen molar-refractivity contribution in [3.05, 3.63) is 59.2 Å². The quantitative estimate of drug-likeness (QED) is 0.600. The number of hydrogen-bond acceptors (Lipinski definition) is 5. The van der Waals surface area contributed by atoms with Gasteiger partial charge in [-0.2, -0.15) is 0 Å². The van der Waals surface area contributed by atoms with Gasteiger partial charge in [0.15, 0.2) is 0 Å². The number of anilines is 1. The van der Waals surface area contributed by atoms with E-state index in [1.807, 2.05) is 17.0 Å². The molecule has 0 atom stereocenters. The average Bonchev–Trinajstić information content (AvgIpc) is 2.69. The Morgan fingerprint density at radius 1 is 1.03 bits per heavy atom. The molecule has 0 spiro atoms. The van der Waals surface area contributed by atoms with E-state index in [2.05, 4.69) is 15.4 Å². The molecule has 0 unspecified atom stereocenters. The van der Waals surface area contributed by atoms with Crippen molar-refractivity contribution in [1.29, 1.82) is 0 Å². The van der Waals surface area contributed by atoms with Gasteiger partial charge in [-0.1, -0.05) is 18.2 Å². The number of benzene rings is 2. The summed E-state index contributed by atoms with van der Waals surface area (Å²) in [5.41, 5.74) is 2.54. The number of sulfonamides is 1. The molecular weight excluding hydrogens is 392 g/mol. The van der Waals surface area contributed by atoms with Gasteiger partial charge in [0.1, 0.15) is 0 Å². The maximum atomic E-state index is 12.3. The van der Waals surface area contributed by atoms with Crippen molar-refractivity contribution in [3.8, 4) is 0 Å². The molecule has 0 aliphatic carbocycles. The maximum absolute atomic E-state index is 12.3. The smallest absolute Gasteiger partial charge is 0.251 e. The van der Waals surface area contributed by atoms with Crippen LogP contribution in [0, 0.1) is 6.92 Å². The van der Waals surface area contributed by atoms with E-state index in [1.54, 1.807) is 45.3 Å². The van der Waals surface area contributed by atoms with Crippen molar-refractivity contribution >= 4 is 27.5 Å². The number of nitrogens with zero attached hydrogens (tertiary/aromatic N) is 1. The number of carbonyl (C=O) groups is 2. The Hall–Kier alpha value is -2.75. The van der Waals surface area contributed by atoms with Crippen LogP contribution < -0.4 is 15.4 Å². The van der Waals surface area contributed by atoms with E-state index < -0.39 is 10.0 Å². The lowest BCUT2D eigenvalue weighted by molar-refractivity contribution is -0.117. The zero-order valence-corrected chi connectivity index (χ0v) is 17.8. The lowest BCUT2D eigenvalue weighted by Gasteiger charge is -2.17. The van der Waals surface area contributed by atoms with Crippen LogP contribution in [0.3, 0.4) is 0 Å². The number of likely N-dealkylation sites (N-methyl/N-ethyl adjacent to an activating group) is 1. The lowest BCUT2D eigenvalue weighted by atomic mass is 10.1. The van der Waals surface area contributed by atoms with Crippen molar-refractivity contribution in [2.45, 2.75) is 18.4 Å². The zero-order chi connectivity index (χ0) is 21.6. The summed E-state index contributed by atoms with van der Waals surface area (Å²) >= 11 is 0. The van der Waals surface area contributed by atoms with Crippen LogP contribution in [0.15, 0.2) is 47.4 Å². The molecule has 0 fully saturated rings. The number of hydrogen-bond donors (Lipinski definition) is 3. The Morgan fingerprint density at radius 2 is 1.69 bits per heavy atom. The standard InChI is InChI=1S/C20H26N4O4S/c1-14-5-10-17(11-18(14)29(27,28)22-3)23-19(25)13-24(4)12-15-6-8-16(9-7-15)20(26)21-2/h5-11,22H,12-13H2,1-4H3,(H,21,26)(H,23,25). The second-order valence-corrected chi connectivity index (χ2v) is 8.54. The van der Waals surface area contributed by atoms with Crippen molar-refractivity contribution < 1.29 is 18.0 Å². The van der Waals surface area contributed by atoms with Gasteiger partial charge in [-0.15, -0.1) is 0 Å². The molecule has 29 heavy (non-hydrogen) atoms. The molecule has 0 radical (unpaired) electrons. The van der Waals surface area contributed by atoms with Crippen LogP contribution in [-0.4, -0.2) is 52.8 Å². The number of amides is 2. The summed E-state index contributed by atoms with van der Waals surface area (Å²) in [5.74, 6) is -0.409. The van der Waals surface area contributed by atoms with Crippen molar-refractivity contribution in [1.82, 2.24) is 14.9 Å². The van der Waals surface area contributed by atoms with Gasteiger partial charge in [-0.3, -0.25) is 14.5 Å². The van der Waals surface area contributed by atoms with Crippen molar-refractivity contribution in [3.63, 3.8) is 0 Å². The monoisotopic (exact) mass is 418 g/mol. The highest BCUT2D eigenvalue weighted by molar-refractivity contribution is 7.89. The largest absolute Gasteiger partial charge is 0.355 e. The lowest BCUT2D eigenvalue weighted by Crippen LogP contribution is -2.30. The molecule has 8 nitrogen and oxygen atoms in total. The summed E-state index contributed by atoms with van der Waals surface area (Å²) in [6.45, 7) is 2.34. The summed E-state index contributed by atoms with van der Waals surface area (Å²) in [4.78, 5) is 25.9. The highest BCUT2D eigenvalue weighted by Crippen LogP contribution is 2.20. The number of aryl methyl sites for hydroxylation is 1. The van der Waals surface area contributed by atoms with Gasteiger partial charge in [-0.25, -0.2) is 13.1 Å². The molecule has 0 saturated carbocycles. The van der Waals surface area contributed by atoms with Gasteiger partial charge in [0, 0.05) is 24.8 Å². The van der Waals surface area contributed by atoms with Crippen LogP contribution in [0.25, 0.3) is 0 Å². The molecule has 2 aromatic carbocycles. The highest BCUT2D eigenvalue weighted by atomic mass is 32.2. The fourth-order valence-electron chi connectivity index (χ4n) is 2.80.